The van der Waals surface area contributed by atoms with Crippen LogP contribution in [-0.4, -0.2) is 44.1 Å². The maximum Gasteiger partial charge on any atom is 0.237 e. The number of likely N-dealkylation sites (tertiary alicyclic amines) is 1. The number of nitrogens with two attached hydrogens (primary N) is 1. The van der Waals surface area contributed by atoms with Gasteiger partial charge in [0.15, 0.2) is 0 Å². The van der Waals surface area contributed by atoms with Crippen molar-refractivity contribution in [3.8, 4) is 5.75 Å². The maximum atomic E-state index is 12.0. The van der Waals surface area contributed by atoms with Crippen LogP contribution in [0, 0.1) is 0 Å². The Morgan fingerprint density at radius 1 is 1.50 bits per heavy atom. The molecule has 1 aliphatic rings. The summed E-state index contributed by atoms with van der Waals surface area (Å²) in [6.45, 7) is 1.41. The number of ether oxygens (including phenoxy) is 1. The minimum atomic E-state index is -0.0735. The van der Waals surface area contributed by atoms with Gasteiger partial charge in [-0.25, -0.2) is 0 Å². The third kappa shape index (κ3) is 2.94. The van der Waals surface area contributed by atoms with Crippen LogP contribution in [0.25, 0.3) is 0 Å². The molecule has 1 aliphatic heterocycles. The van der Waals surface area contributed by atoms with Gasteiger partial charge in [0.05, 0.1) is 13.2 Å². The van der Waals surface area contributed by atoms with Gasteiger partial charge in [0.2, 0.25) is 5.91 Å². The summed E-state index contributed by atoms with van der Waals surface area (Å²) in [5.41, 5.74) is 7.08. The van der Waals surface area contributed by atoms with Gasteiger partial charge in [-0.2, -0.15) is 0 Å². The van der Waals surface area contributed by atoms with Gasteiger partial charge < -0.3 is 15.8 Å². The lowest BCUT2D eigenvalue weighted by atomic mass is 10.0. The highest BCUT2D eigenvalue weighted by atomic mass is 16.5. The summed E-state index contributed by atoms with van der Waals surface area (Å²) < 4.78 is 5.18. The summed E-state index contributed by atoms with van der Waals surface area (Å²) in [5.74, 6) is 0.906. The van der Waals surface area contributed by atoms with Crippen LogP contribution in [0.3, 0.4) is 0 Å². The Kier molecular flexibility index (Phi) is 4.98. The Morgan fingerprint density at radius 3 is 2.75 bits per heavy atom. The number of hydrogen-bond donors (Lipinski definition) is 2. The molecule has 5 nitrogen and oxygen atoms in total. The fourth-order valence-electron chi connectivity index (χ4n) is 2.90. The highest BCUT2D eigenvalue weighted by molar-refractivity contribution is 5.81. The van der Waals surface area contributed by atoms with Gasteiger partial charge in [-0.3, -0.25) is 9.69 Å². The molecule has 0 radical (unpaired) electrons. The first-order valence-electron chi connectivity index (χ1n) is 7.02. The molecule has 0 aromatic heterocycles. The first-order valence-corrected chi connectivity index (χ1v) is 7.02. The van der Waals surface area contributed by atoms with Crippen molar-refractivity contribution >= 4 is 5.91 Å². The predicted molar refractivity (Wildman–Crippen MR) is 78.6 cm³/mol. The number of likely N-dealkylation sites (N-methyl/N-ethyl adjacent to an activating group) is 1. The standard InChI is InChI=1S/C15H23N3O2/c1-17-15(19)13-4-3-9-18(13)14(10-16)11-5-7-12(20-2)8-6-11/h5-8,13-14H,3-4,9-10,16H2,1-2H3,(H,17,19). The summed E-state index contributed by atoms with van der Waals surface area (Å²) in [6, 6.07) is 7.92. The highest BCUT2D eigenvalue weighted by Gasteiger charge is 2.34. The molecule has 20 heavy (non-hydrogen) atoms. The van der Waals surface area contributed by atoms with E-state index in [2.05, 4.69) is 10.2 Å². The SMILES string of the molecule is CNC(=O)C1CCCN1C(CN)c1ccc(OC)cc1. The topological polar surface area (TPSA) is 67.6 Å². The molecule has 1 heterocycles. The molecule has 2 unspecified atom stereocenters. The summed E-state index contributed by atoms with van der Waals surface area (Å²) >= 11 is 0. The largest absolute Gasteiger partial charge is 0.497 e. The molecule has 3 N–H and O–H groups in total. The second kappa shape index (κ2) is 6.72. The first kappa shape index (κ1) is 14.8. The van der Waals surface area contributed by atoms with Crippen molar-refractivity contribution in [1.29, 1.82) is 0 Å². The van der Waals surface area contributed by atoms with Crippen molar-refractivity contribution in [1.82, 2.24) is 10.2 Å². The Bertz CT molecular complexity index is 447. The van der Waals surface area contributed by atoms with E-state index in [0.29, 0.717) is 6.54 Å². The van der Waals surface area contributed by atoms with Crippen molar-refractivity contribution in [2.24, 2.45) is 5.73 Å². The molecule has 0 bridgehead atoms. The average Bonchev–Trinajstić information content (AvgIpc) is 2.97. The molecule has 0 aliphatic carbocycles. The molecule has 1 aromatic rings. The van der Waals surface area contributed by atoms with Crippen LogP contribution in [0.5, 0.6) is 5.75 Å². The lowest BCUT2D eigenvalue weighted by Gasteiger charge is -2.31. The summed E-state index contributed by atoms with van der Waals surface area (Å²) in [7, 11) is 3.33. The minimum Gasteiger partial charge on any atom is -0.497 e. The van der Waals surface area contributed by atoms with Gasteiger partial charge in [0.1, 0.15) is 5.75 Å². The van der Waals surface area contributed by atoms with E-state index in [4.69, 9.17) is 10.5 Å². The van der Waals surface area contributed by atoms with Crippen molar-refractivity contribution in [2.45, 2.75) is 24.9 Å². The third-order valence-corrected chi connectivity index (χ3v) is 3.97. The molecule has 110 valence electrons. The molecule has 0 saturated carbocycles. The van der Waals surface area contributed by atoms with Gasteiger partial charge in [0.25, 0.3) is 0 Å². The number of carbonyl (C=O) groups is 1. The van der Waals surface area contributed by atoms with E-state index in [-0.39, 0.29) is 18.0 Å². The fourth-order valence-corrected chi connectivity index (χ4v) is 2.90. The second-order valence-electron chi connectivity index (χ2n) is 5.03. The first-order chi connectivity index (χ1) is 9.71. The van der Waals surface area contributed by atoms with Crippen LogP contribution < -0.4 is 15.8 Å². The smallest absolute Gasteiger partial charge is 0.237 e. The Hall–Kier alpha value is -1.59. The predicted octanol–water partition coefficient (Wildman–Crippen LogP) is 0.905. The van der Waals surface area contributed by atoms with E-state index < -0.39 is 0 Å². The van der Waals surface area contributed by atoms with E-state index in [1.165, 1.54) is 0 Å². The molecule has 2 atom stereocenters. The van der Waals surface area contributed by atoms with Gasteiger partial charge in [0, 0.05) is 19.6 Å². The fraction of sp³-hybridized carbons (Fsp3) is 0.533. The quantitative estimate of drug-likeness (QED) is 0.839. The van der Waals surface area contributed by atoms with Crippen LogP contribution in [0.1, 0.15) is 24.4 Å². The molecular formula is C15H23N3O2. The van der Waals surface area contributed by atoms with E-state index in [1.54, 1.807) is 14.2 Å². The highest BCUT2D eigenvalue weighted by Crippen LogP contribution is 2.29. The van der Waals surface area contributed by atoms with Crippen molar-refractivity contribution in [3.05, 3.63) is 29.8 Å². The van der Waals surface area contributed by atoms with Crippen LogP contribution in [-0.2, 0) is 4.79 Å². The number of rotatable bonds is 5. The van der Waals surface area contributed by atoms with Crippen LogP contribution >= 0.6 is 0 Å². The number of methoxy groups -OCH3 is 1. The van der Waals surface area contributed by atoms with Crippen LogP contribution in [0.2, 0.25) is 0 Å². The van der Waals surface area contributed by atoms with Crippen molar-refractivity contribution in [2.75, 3.05) is 27.2 Å². The monoisotopic (exact) mass is 277 g/mol. The number of benzene rings is 1. The average molecular weight is 277 g/mol. The molecular weight excluding hydrogens is 254 g/mol. The molecule has 1 amide bonds. The molecule has 5 heteroatoms. The lowest BCUT2D eigenvalue weighted by Crippen LogP contribution is -2.45. The van der Waals surface area contributed by atoms with E-state index in [9.17, 15) is 4.79 Å². The molecule has 2 rings (SSSR count). The zero-order valence-electron chi connectivity index (χ0n) is 12.1. The van der Waals surface area contributed by atoms with Crippen LogP contribution in [0.4, 0.5) is 0 Å². The minimum absolute atomic E-state index is 0.0735. The van der Waals surface area contributed by atoms with Crippen LogP contribution in [0.15, 0.2) is 24.3 Å². The zero-order chi connectivity index (χ0) is 14.5. The number of carbonyl (C=O) groups excluding carboxylic acids is 1. The molecule has 1 fully saturated rings. The maximum absolute atomic E-state index is 12.0. The molecule has 1 aromatic carbocycles. The van der Waals surface area contributed by atoms with Gasteiger partial charge in [-0.1, -0.05) is 12.1 Å². The number of hydrogen-bond acceptors (Lipinski definition) is 4. The van der Waals surface area contributed by atoms with Gasteiger partial charge in [-0.05, 0) is 37.1 Å². The number of nitrogens with one attached hydrogen (secondary N) is 1. The Labute approximate surface area is 120 Å². The van der Waals surface area contributed by atoms with Gasteiger partial charge >= 0.3 is 0 Å². The van der Waals surface area contributed by atoms with E-state index in [0.717, 1.165) is 30.7 Å². The summed E-state index contributed by atoms with van der Waals surface area (Å²) in [4.78, 5) is 14.2. The van der Waals surface area contributed by atoms with Crippen molar-refractivity contribution < 1.29 is 9.53 Å². The van der Waals surface area contributed by atoms with E-state index >= 15 is 0 Å². The summed E-state index contributed by atoms with van der Waals surface area (Å²) in [5, 5.41) is 2.74. The van der Waals surface area contributed by atoms with Gasteiger partial charge in [-0.15, -0.1) is 0 Å². The second-order valence-corrected chi connectivity index (χ2v) is 5.03. The number of amides is 1. The Balaban J connectivity index is 2.19. The Morgan fingerprint density at radius 2 is 2.20 bits per heavy atom. The summed E-state index contributed by atoms with van der Waals surface area (Å²) in [6.07, 6.45) is 1.93. The zero-order valence-corrected chi connectivity index (χ0v) is 12.1. The lowest BCUT2D eigenvalue weighted by molar-refractivity contribution is -0.125. The normalized spacial score (nSPS) is 20.6. The third-order valence-electron chi connectivity index (χ3n) is 3.97. The molecule has 1 saturated heterocycles. The number of nitrogens with zero attached hydrogens (tertiary/aromatic N) is 1. The molecule has 0 spiro atoms. The van der Waals surface area contributed by atoms with Crippen molar-refractivity contribution in [3.63, 3.8) is 0 Å². The van der Waals surface area contributed by atoms with E-state index in [1.807, 2.05) is 24.3 Å².